The van der Waals surface area contributed by atoms with Crippen LogP contribution in [0.5, 0.6) is 11.5 Å². The number of nitrogens with two attached hydrogens (primary N) is 1. The molecule has 2 atom stereocenters. The van der Waals surface area contributed by atoms with E-state index < -0.39 is 23.3 Å². The van der Waals surface area contributed by atoms with Crippen LogP contribution >= 0.6 is 0 Å². The lowest BCUT2D eigenvalue weighted by Gasteiger charge is -2.45. The van der Waals surface area contributed by atoms with Crippen LogP contribution in [0.4, 0.5) is 4.79 Å². The van der Waals surface area contributed by atoms with E-state index in [1.807, 2.05) is 0 Å². The van der Waals surface area contributed by atoms with Crippen LogP contribution in [0.3, 0.4) is 0 Å². The van der Waals surface area contributed by atoms with Crippen LogP contribution in [-0.4, -0.2) is 44.9 Å². The molecule has 1 aliphatic heterocycles. The average molecular weight is 433 g/mol. The molecular weight excluding hydrogens is 410 g/mol. The highest BCUT2D eigenvalue weighted by atomic mass is 16.6. The molecule has 9 nitrogen and oxygen atoms in total. The Morgan fingerprint density at radius 2 is 1.97 bits per heavy atom. The van der Waals surface area contributed by atoms with Gasteiger partial charge in [0.15, 0.2) is 5.41 Å². The van der Waals surface area contributed by atoms with Crippen molar-refractivity contribution in [1.82, 2.24) is 4.90 Å². The lowest BCUT2D eigenvalue weighted by molar-refractivity contribution is 0.0998. The summed E-state index contributed by atoms with van der Waals surface area (Å²) in [6.45, 7) is 2.28. The topological polar surface area (TPSA) is 145 Å². The van der Waals surface area contributed by atoms with E-state index in [2.05, 4.69) is 18.2 Å². The first-order chi connectivity index (χ1) is 15.4. The van der Waals surface area contributed by atoms with Gasteiger partial charge in [0.25, 0.3) is 0 Å². The number of hydrogen-bond acceptors (Lipinski definition) is 8. The van der Waals surface area contributed by atoms with Crippen LogP contribution in [0.2, 0.25) is 0 Å². The molecule has 2 aliphatic rings. The predicted octanol–water partition coefficient (Wildman–Crippen LogP) is 2.59. The van der Waals surface area contributed by atoms with Gasteiger partial charge in [-0.25, -0.2) is 4.79 Å². The van der Waals surface area contributed by atoms with E-state index in [4.69, 9.17) is 19.9 Å². The SMILES string of the molecule is CCOC(=O)N1CC=C2C(C#N)=C(N)C(C#N)(C#N)[C@H](c3cc(OC)ccc3OC)[C@@H]2C1. The molecule has 0 fully saturated rings. The molecule has 3 rings (SSSR count). The van der Waals surface area contributed by atoms with Crippen molar-refractivity contribution >= 4 is 6.09 Å². The highest BCUT2D eigenvalue weighted by molar-refractivity contribution is 5.69. The minimum atomic E-state index is -1.86. The van der Waals surface area contributed by atoms with Crippen molar-refractivity contribution in [3.63, 3.8) is 0 Å². The predicted molar refractivity (Wildman–Crippen MR) is 113 cm³/mol. The fraction of sp³-hybridized carbons (Fsp3) is 0.391. The number of nitrogens with zero attached hydrogens (tertiary/aromatic N) is 4. The third kappa shape index (κ3) is 3.36. The zero-order valence-corrected chi connectivity index (χ0v) is 18.1. The van der Waals surface area contributed by atoms with Crippen LogP contribution in [0.15, 0.2) is 41.1 Å². The Morgan fingerprint density at radius 3 is 2.53 bits per heavy atom. The zero-order valence-electron chi connectivity index (χ0n) is 18.1. The second-order valence-corrected chi connectivity index (χ2v) is 7.39. The van der Waals surface area contributed by atoms with Crippen LogP contribution < -0.4 is 15.2 Å². The van der Waals surface area contributed by atoms with Gasteiger partial charge in [0.2, 0.25) is 0 Å². The fourth-order valence-electron chi connectivity index (χ4n) is 4.47. The molecule has 0 unspecified atom stereocenters. The average Bonchev–Trinajstić information content (AvgIpc) is 2.82. The van der Waals surface area contributed by atoms with Gasteiger partial charge in [-0.3, -0.25) is 0 Å². The fourth-order valence-corrected chi connectivity index (χ4v) is 4.47. The number of carbonyl (C=O) groups excluding carboxylic acids is 1. The minimum absolute atomic E-state index is 0.0970. The Kier molecular flexibility index (Phi) is 6.27. The maximum Gasteiger partial charge on any atom is 0.410 e. The standard InChI is InChI=1S/C23H23N5O4/c1-4-32-22(29)28-8-7-15-17(10-24)21(27)23(12-25,13-26)20(18(15)11-28)16-9-14(30-2)5-6-19(16)31-3/h5-7,9,18,20H,4,8,11,27H2,1-3H3/t18-,20-/m1/s1. The van der Waals surface area contributed by atoms with Gasteiger partial charge in [0.1, 0.15) is 17.6 Å². The molecule has 0 bridgehead atoms. The van der Waals surface area contributed by atoms with Gasteiger partial charge < -0.3 is 24.8 Å². The Balaban J connectivity index is 2.32. The lowest BCUT2D eigenvalue weighted by atomic mass is 9.58. The lowest BCUT2D eigenvalue weighted by Crippen LogP contribution is -2.49. The highest BCUT2D eigenvalue weighted by Gasteiger charge is 2.55. The summed E-state index contributed by atoms with van der Waals surface area (Å²) in [6.07, 6.45) is 1.22. The Labute approximate surface area is 186 Å². The van der Waals surface area contributed by atoms with E-state index in [-0.39, 0.29) is 31.0 Å². The molecule has 164 valence electrons. The first-order valence-corrected chi connectivity index (χ1v) is 9.99. The van der Waals surface area contributed by atoms with Crippen molar-refractivity contribution in [3.05, 3.63) is 46.7 Å². The second kappa shape index (κ2) is 8.91. The Bertz CT molecular complexity index is 1100. The van der Waals surface area contributed by atoms with E-state index >= 15 is 0 Å². The third-order valence-electron chi connectivity index (χ3n) is 5.96. The van der Waals surface area contributed by atoms with Crippen LogP contribution in [-0.2, 0) is 4.74 Å². The summed E-state index contributed by atoms with van der Waals surface area (Å²) in [6, 6.07) is 11.3. The van der Waals surface area contributed by atoms with E-state index in [9.17, 15) is 20.6 Å². The molecule has 0 radical (unpaired) electrons. The van der Waals surface area contributed by atoms with Gasteiger partial charge in [-0.1, -0.05) is 6.08 Å². The number of benzene rings is 1. The van der Waals surface area contributed by atoms with Gasteiger partial charge in [-0.15, -0.1) is 0 Å². The van der Waals surface area contributed by atoms with E-state index in [0.717, 1.165) is 0 Å². The number of carbonyl (C=O) groups is 1. The first-order valence-electron chi connectivity index (χ1n) is 9.99. The molecule has 1 amide bonds. The van der Waals surface area contributed by atoms with Gasteiger partial charge in [-0.05, 0) is 30.7 Å². The summed E-state index contributed by atoms with van der Waals surface area (Å²) >= 11 is 0. The maximum absolute atomic E-state index is 12.5. The number of allylic oxidation sites excluding steroid dienone is 2. The zero-order chi connectivity index (χ0) is 23.5. The molecule has 9 heteroatoms. The highest BCUT2D eigenvalue weighted by Crippen LogP contribution is 2.56. The van der Waals surface area contributed by atoms with Crippen LogP contribution in [0.1, 0.15) is 18.4 Å². The number of hydrogen-bond donors (Lipinski definition) is 1. The third-order valence-corrected chi connectivity index (χ3v) is 5.96. The van der Waals surface area contributed by atoms with Gasteiger partial charge in [-0.2, -0.15) is 15.8 Å². The Morgan fingerprint density at radius 1 is 1.25 bits per heavy atom. The van der Waals surface area contributed by atoms with E-state index in [1.165, 1.54) is 19.1 Å². The summed E-state index contributed by atoms with van der Waals surface area (Å²) in [5, 5.41) is 30.2. The van der Waals surface area contributed by atoms with Crippen molar-refractivity contribution < 1.29 is 19.0 Å². The van der Waals surface area contributed by atoms with Crippen molar-refractivity contribution in [1.29, 1.82) is 15.8 Å². The molecule has 0 saturated heterocycles. The van der Waals surface area contributed by atoms with Gasteiger partial charge >= 0.3 is 6.09 Å². The minimum Gasteiger partial charge on any atom is -0.497 e. The molecule has 1 aromatic carbocycles. The number of methoxy groups -OCH3 is 2. The van der Waals surface area contributed by atoms with Gasteiger partial charge in [0, 0.05) is 30.5 Å². The summed E-state index contributed by atoms with van der Waals surface area (Å²) in [5.41, 5.74) is 5.58. The molecule has 1 heterocycles. The Hall–Kier alpha value is -4.16. The summed E-state index contributed by atoms with van der Waals surface area (Å²) in [4.78, 5) is 13.9. The second-order valence-electron chi connectivity index (χ2n) is 7.39. The summed E-state index contributed by atoms with van der Waals surface area (Å²) in [5.74, 6) is -0.465. The number of nitriles is 3. The molecule has 1 aromatic rings. The first kappa shape index (κ1) is 22.5. The molecule has 2 N–H and O–H groups in total. The largest absolute Gasteiger partial charge is 0.497 e. The van der Waals surface area contributed by atoms with Crippen molar-refractivity contribution in [3.8, 4) is 29.7 Å². The molecular formula is C23H23N5O4. The van der Waals surface area contributed by atoms with E-state index in [0.29, 0.717) is 22.6 Å². The molecule has 32 heavy (non-hydrogen) atoms. The number of rotatable bonds is 4. The van der Waals surface area contributed by atoms with Crippen molar-refractivity contribution in [2.45, 2.75) is 12.8 Å². The van der Waals surface area contributed by atoms with Crippen LogP contribution in [0, 0.1) is 45.3 Å². The normalized spacial score (nSPS) is 21.2. The summed E-state index contributed by atoms with van der Waals surface area (Å²) in [7, 11) is 2.99. The smallest absolute Gasteiger partial charge is 0.410 e. The summed E-state index contributed by atoms with van der Waals surface area (Å²) < 4.78 is 16.0. The van der Waals surface area contributed by atoms with E-state index in [1.54, 1.807) is 31.2 Å². The molecule has 0 spiro atoms. The van der Waals surface area contributed by atoms with Crippen LogP contribution in [0.25, 0.3) is 0 Å². The quantitative estimate of drug-likeness (QED) is 0.762. The molecule has 0 aromatic heterocycles. The number of ether oxygens (including phenoxy) is 3. The number of amides is 1. The molecule has 0 saturated carbocycles. The monoisotopic (exact) mass is 433 g/mol. The maximum atomic E-state index is 12.5. The van der Waals surface area contributed by atoms with Gasteiger partial charge in [0.05, 0.1) is 44.2 Å². The van der Waals surface area contributed by atoms with Crippen molar-refractivity contribution in [2.75, 3.05) is 33.9 Å². The van der Waals surface area contributed by atoms with Crippen molar-refractivity contribution in [2.24, 2.45) is 17.1 Å². The number of fused-ring (bicyclic) bond motifs is 1. The molecule has 1 aliphatic carbocycles.